The molecular weight excluding hydrogens is 647 g/mol. The van der Waals surface area contributed by atoms with E-state index in [2.05, 4.69) is 63.3 Å². The number of amides is 1. The molecule has 4 heterocycles. The number of carbonyl (C=O) groups excluding carboxylic acids is 1. The molecule has 1 amide bonds. The molecule has 11 nitrogen and oxygen atoms in total. The Morgan fingerprint density at radius 1 is 0.941 bits per heavy atom. The van der Waals surface area contributed by atoms with Crippen molar-refractivity contribution in [2.24, 2.45) is 7.05 Å². The molecular formula is C39H45FN8O3. The Labute approximate surface area is 296 Å². The number of pyridine rings is 1. The molecule has 3 aromatic heterocycles. The molecule has 1 saturated heterocycles. The van der Waals surface area contributed by atoms with Crippen molar-refractivity contribution in [2.45, 2.75) is 71.1 Å². The van der Waals surface area contributed by atoms with Crippen molar-refractivity contribution in [3.63, 3.8) is 0 Å². The number of benzene rings is 2. The maximum atomic E-state index is 14.5. The number of hydrogen-bond acceptors (Lipinski definition) is 7. The van der Waals surface area contributed by atoms with Crippen LogP contribution in [-0.4, -0.2) is 77.9 Å². The highest BCUT2D eigenvalue weighted by molar-refractivity contribution is 5.92. The summed E-state index contributed by atoms with van der Waals surface area (Å²) in [4.78, 5) is 50.2. The topological polar surface area (TPSA) is 110 Å². The van der Waals surface area contributed by atoms with Crippen molar-refractivity contribution < 1.29 is 9.18 Å². The Morgan fingerprint density at radius 3 is 2.33 bits per heavy atom. The summed E-state index contributed by atoms with van der Waals surface area (Å²) in [5.41, 5.74) is 3.95. The minimum Gasteiger partial charge on any atom is -0.348 e. The molecule has 0 radical (unpaired) electrons. The lowest BCUT2D eigenvalue weighted by Gasteiger charge is -2.36. The van der Waals surface area contributed by atoms with Crippen molar-refractivity contribution in [1.82, 2.24) is 39.0 Å². The highest BCUT2D eigenvalue weighted by Crippen LogP contribution is 2.29. The fraction of sp³-hybridized carbons (Fsp3) is 0.410. The molecule has 1 N–H and O–H groups in total. The number of aromatic nitrogens is 5. The number of rotatable bonds is 8. The van der Waals surface area contributed by atoms with Crippen LogP contribution in [0, 0.1) is 12.7 Å². The number of nitrogens with one attached hydrogen (secondary N) is 1. The second-order valence-electron chi connectivity index (χ2n) is 14.2. The van der Waals surface area contributed by atoms with E-state index in [0.717, 1.165) is 61.8 Å². The van der Waals surface area contributed by atoms with Gasteiger partial charge in [0.25, 0.3) is 11.5 Å². The minimum atomic E-state index is -0.650. The molecule has 1 aliphatic heterocycles. The van der Waals surface area contributed by atoms with Gasteiger partial charge in [0.1, 0.15) is 11.5 Å². The first-order valence-electron chi connectivity index (χ1n) is 17.9. The van der Waals surface area contributed by atoms with E-state index in [4.69, 9.17) is 0 Å². The molecule has 0 atom stereocenters. The zero-order valence-electron chi connectivity index (χ0n) is 29.7. The van der Waals surface area contributed by atoms with Crippen molar-refractivity contribution in [2.75, 3.05) is 26.2 Å². The smallest absolute Gasteiger partial charge is 0.337 e. The van der Waals surface area contributed by atoms with Gasteiger partial charge in [0.05, 0.1) is 17.3 Å². The van der Waals surface area contributed by atoms with Crippen LogP contribution in [0.3, 0.4) is 0 Å². The van der Waals surface area contributed by atoms with E-state index in [1.165, 1.54) is 14.7 Å². The maximum Gasteiger partial charge on any atom is 0.337 e. The molecule has 51 heavy (non-hydrogen) atoms. The van der Waals surface area contributed by atoms with Crippen LogP contribution in [0.2, 0.25) is 0 Å². The summed E-state index contributed by atoms with van der Waals surface area (Å²) in [5.74, 6) is -0.897. The number of fused-ring (bicyclic) bond motifs is 1. The quantitative estimate of drug-likeness (QED) is 0.248. The van der Waals surface area contributed by atoms with E-state index in [9.17, 15) is 18.8 Å². The maximum absolute atomic E-state index is 14.5. The monoisotopic (exact) mass is 692 g/mol. The third-order valence-corrected chi connectivity index (χ3v) is 10.6. The lowest BCUT2D eigenvalue weighted by atomic mass is 9.90. The molecule has 0 spiro atoms. The van der Waals surface area contributed by atoms with Crippen LogP contribution >= 0.6 is 0 Å². The van der Waals surface area contributed by atoms with Crippen LogP contribution in [0.15, 0.2) is 76.4 Å². The normalized spacial score (nSPS) is 18.8. The van der Waals surface area contributed by atoms with Gasteiger partial charge in [0, 0.05) is 63.6 Å². The van der Waals surface area contributed by atoms with Gasteiger partial charge in [-0.25, -0.2) is 18.7 Å². The third-order valence-electron chi connectivity index (χ3n) is 10.6. The SMILES string of the molecule is Cc1cc(C(=O)N[C@H]2CC[C@@H](n3c(=O)c4cc(F)cnc4n(-c4cccc(-c5ccc(CN6CCN(C(C)C)CC6)cc5)c4)c3=O)CC2)nn1C. The molecule has 2 aromatic carbocycles. The van der Waals surface area contributed by atoms with Gasteiger partial charge < -0.3 is 5.32 Å². The summed E-state index contributed by atoms with van der Waals surface area (Å²) in [6.07, 6.45) is 3.18. The number of nitrogens with zero attached hydrogens (tertiary/aromatic N) is 7. The van der Waals surface area contributed by atoms with E-state index in [0.29, 0.717) is 43.1 Å². The first kappa shape index (κ1) is 34.5. The highest BCUT2D eigenvalue weighted by Gasteiger charge is 2.29. The number of carbonyl (C=O) groups is 1. The summed E-state index contributed by atoms with van der Waals surface area (Å²) in [6.45, 7) is 11.5. The number of piperazine rings is 1. The first-order valence-corrected chi connectivity index (χ1v) is 17.9. The summed E-state index contributed by atoms with van der Waals surface area (Å²) in [6, 6.07) is 19.0. The molecule has 266 valence electrons. The van der Waals surface area contributed by atoms with Gasteiger partial charge in [-0.1, -0.05) is 36.4 Å². The molecule has 2 aliphatic rings. The third kappa shape index (κ3) is 7.15. The van der Waals surface area contributed by atoms with E-state index < -0.39 is 23.1 Å². The van der Waals surface area contributed by atoms with Gasteiger partial charge in [-0.15, -0.1) is 0 Å². The van der Waals surface area contributed by atoms with Gasteiger partial charge in [0.2, 0.25) is 0 Å². The summed E-state index contributed by atoms with van der Waals surface area (Å²) >= 11 is 0. The Morgan fingerprint density at radius 2 is 1.67 bits per heavy atom. The standard InChI is InChI=1S/C39H45FN8O3/c1-25(2)46-18-16-45(17-19-46)24-27-8-10-28(11-9-27)29-6-5-7-33(21-29)47-36-34(22-30(40)23-41-36)38(50)48(39(47)51)32-14-12-31(13-15-32)42-37(49)35-20-26(3)44(4)43-35/h5-11,20-23,25,31-32H,12-19,24H2,1-4H3,(H,42,49)/t31-,32+. The van der Waals surface area contributed by atoms with E-state index >= 15 is 0 Å². The number of hydrogen-bond donors (Lipinski definition) is 1. The zero-order valence-corrected chi connectivity index (χ0v) is 29.7. The Hall–Kier alpha value is -4.94. The van der Waals surface area contributed by atoms with E-state index in [-0.39, 0.29) is 23.0 Å². The zero-order chi connectivity index (χ0) is 35.8. The molecule has 2 fully saturated rings. The van der Waals surface area contributed by atoms with Crippen molar-refractivity contribution in [3.8, 4) is 16.8 Å². The molecule has 5 aromatic rings. The van der Waals surface area contributed by atoms with Crippen molar-refractivity contribution in [3.05, 3.63) is 110 Å². The largest absolute Gasteiger partial charge is 0.348 e. The fourth-order valence-corrected chi connectivity index (χ4v) is 7.47. The van der Waals surface area contributed by atoms with Gasteiger partial charge in [-0.05, 0) is 87.4 Å². The molecule has 12 heteroatoms. The average Bonchev–Trinajstić information content (AvgIpc) is 3.47. The van der Waals surface area contributed by atoms with Gasteiger partial charge in [-0.3, -0.25) is 28.6 Å². The van der Waals surface area contributed by atoms with Gasteiger partial charge in [-0.2, -0.15) is 5.10 Å². The second kappa shape index (κ2) is 14.4. The van der Waals surface area contributed by atoms with Crippen LogP contribution in [-0.2, 0) is 13.6 Å². The Kier molecular flexibility index (Phi) is 9.71. The fourth-order valence-electron chi connectivity index (χ4n) is 7.47. The van der Waals surface area contributed by atoms with Crippen LogP contribution in [0.4, 0.5) is 4.39 Å². The van der Waals surface area contributed by atoms with Crippen LogP contribution < -0.4 is 16.6 Å². The van der Waals surface area contributed by atoms with Gasteiger partial charge in [0.15, 0.2) is 5.65 Å². The van der Waals surface area contributed by atoms with Crippen LogP contribution in [0.25, 0.3) is 27.8 Å². The first-order chi connectivity index (χ1) is 24.5. The molecule has 0 unspecified atom stereocenters. The highest BCUT2D eigenvalue weighted by atomic mass is 19.1. The van der Waals surface area contributed by atoms with Crippen molar-refractivity contribution in [1.29, 1.82) is 0 Å². The summed E-state index contributed by atoms with van der Waals surface area (Å²) in [5, 5.41) is 7.36. The molecule has 1 saturated carbocycles. The average molecular weight is 693 g/mol. The molecule has 7 rings (SSSR count). The van der Waals surface area contributed by atoms with Crippen LogP contribution in [0.1, 0.15) is 67.3 Å². The lowest BCUT2D eigenvalue weighted by molar-refractivity contribution is 0.0916. The van der Waals surface area contributed by atoms with Gasteiger partial charge >= 0.3 is 5.69 Å². The minimum absolute atomic E-state index is 0.0412. The Balaban J connectivity index is 1.13. The molecule has 1 aliphatic carbocycles. The summed E-state index contributed by atoms with van der Waals surface area (Å²) in [7, 11) is 1.79. The Bertz CT molecular complexity index is 2150. The van der Waals surface area contributed by atoms with E-state index in [1.807, 2.05) is 25.1 Å². The summed E-state index contributed by atoms with van der Waals surface area (Å²) < 4.78 is 18.9. The molecule has 0 bridgehead atoms. The lowest BCUT2D eigenvalue weighted by Crippen LogP contribution is -2.48. The number of aryl methyl sites for hydroxylation is 2. The van der Waals surface area contributed by atoms with E-state index in [1.54, 1.807) is 23.9 Å². The van der Waals surface area contributed by atoms with Crippen molar-refractivity contribution >= 4 is 16.9 Å². The predicted molar refractivity (Wildman–Crippen MR) is 196 cm³/mol. The van der Waals surface area contributed by atoms with Crippen LogP contribution in [0.5, 0.6) is 0 Å². The second-order valence-corrected chi connectivity index (χ2v) is 14.2. The number of halogens is 1. The predicted octanol–water partition coefficient (Wildman–Crippen LogP) is 4.84.